The van der Waals surface area contributed by atoms with E-state index >= 15 is 0 Å². The normalized spacial score (nSPS) is 18.3. The van der Waals surface area contributed by atoms with E-state index in [1.165, 1.54) is 11.2 Å². The summed E-state index contributed by atoms with van der Waals surface area (Å²) in [5.41, 5.74) is 19.4. The number of aromatic amines is 1. The van der Waals surface area contributed by atoms with E-state index in [2.05, 4.69) is 30.8 Å². The number of hydrogen-bond donors (Lipinski definition) is 6. The van der Waals surface area contributed by atoms with Crippen LogP contribution in [0.15, 0.2) is 39.5 Å². The van der Waals surface area contributed by atoms with Crippen molar-refractivity contribution >= 4 is 31.6 Å². The average molecular weight is 541 g/mol. The third-order valence-electron chi connectivity index (χ3n) is 6.08. The van der Waals surface area contributed by atoms with E-state index in [1.54, 1.807) is 25.6 Å². The first-order valence-electron chi connectivity index (χ1n) is 11.2. The Balaban J connectivity index is 1.79. The molecule has 36 heavy (non-hydrogen) atoms. The molecule has 3 heterocycles. The number of hydrogen-bond acceptors (Lipinski definition) is 11. The summed E-state index contributed by atoms with van der Waals surface area (Å²) in [6.07, 6.45) is 4.97. The first kappa shape index (κ1) is 26.3. The van der Waals surface area contributed by atoms with Gasteiger partial charge >= 0.3 is 0 Å². The van der Waals surface area contributed by atoms with Crippen LogP contribution >= 0.6 is 0 Å². The molecular weight excluding hydrogens is 510 g/mol. The van der Waals surface area contributed by atoms with Crippen LogP contribution in [0, 0.1) is 0 Å². The molecule has 0 amide bonds. The fourth-order valence-corrected chi connectivity index (χ4v) is 6.93. The molecule has 9 N–H and O–H groups in total. The molecule has 2 aliphatic heterocycles. The molecule has 0 spiro atoms. The minimum atomic E-state index is -4.56. The zero-order chi connectivity index (χ0) is 26.1. The van der Waals surface area contributed by atoms with Gasteiger partial charge in [-0.1, -0.05) is 0 Å². The van der Waals surface area contributed by atoms with Crippen molar-refractivity contribution in [1.29, 1.82) is 0 Å². The quantitative estimate of drug-likeness (QED) is 0.213. The molecule has 0 bridgehead atoms. The second-order valence-corrected chi connectivity index (χ2v) is 11.8. The monoisotopic (exact) mass is 540 g/mol. The van der Waals surface area contributed by atoms with Crippen molar-refractivity contribution in [3.05, 3.63) is 41.3 Å². The lowest BCUT2D eigenvalue weighted by Crippen LogP contribution is -2.42. The van der Waals surface area contributed by atoms with Crippen LogP contribution in [0.3, 0.4) is 0 Å². The Labute approximate surface area is 209 Å². The van der Waals surface area contributed by atoms with Crippen LogP contribution in [0.1, 0.15) is 30.0 Å². The number of sulfonamides is 2. The van der Waals surface area contributed by atoms with Gasteiger partial charge in [-0.2, -0.15) is 0 Å². The molecule has 2 aromatic rings. The Morgan fingerprint density at radius 1 is 1.25 bits per heavy atom. The molecule has 2 aliphatic rings. The van der Waals surface area contributed by atoms with E-state index in [1.807, 2.05) is 4.90 Å². The fraction of sp³-hybridized carbons (Fsp3) is 0.474. The Morgan fingerprint density at radius 2 is 1.97 bits per heavy atom. The van der Waals surface area contributed by atoms with Crippen molar-refractivity contribution in [1.82, 2.24) is 25.3 Å². The number of amidine groups is 1. The molecule has 0 radical (unpaired) electrons. The molecule has 0 unspecified atom stereocenters. The highest BCUT2D eigenvalue weighted by Gasteiger charge is 2.33. The zero-order valence-electron chi connectivity index (χ0n) is 19.6. The van der Waals surface area contributed by atoms with Gasteiger partial charge in [0.15, 0.2) is 0 Å². The van der Waals surface area contributed by atoms with Gasteiger partial charge in [0.25, 0.3) is 0 Å². The van der Waals surface area contributed by atoms with Crippen LogP contribution < -0.4 is 31.8 Å². The maximum Gasteiger partial charge on any atom is 0.241 e. The number of hydrazone groups is 1. The average Bonchev–Trinajstić information content (AvgIpc) is 3.53. The molecule has 4 rings (SSSR count). The molecule has 1 aromatic carbocycles. The lowest BCUT2D eigenvalue weighted by molar-refractivity contribution is 0.307. The van der Waals surface area contributed by atoms with Gasteiger partial charge in [0.1, 0.15) is 9.79 Å². The van der Waals surface area contributed by atoms with Gasteiger partial charge < -0.3 is 37.0 Å². The van der Waals surface area contributed by atoms with Crippen molar-refractivity contribution in [3.8, 4) is 0 Å². The summed E-state index contributed by atoms with van der Waals surface area (Å²) in [5.74, 6) is 0.254. The fourth-order valence-electron chi connectivity index (χ4n) is 4.24. The number of nitrogens with two attached hydrogens (primary N) is 3. The Morgan fingerprint density at radius 3 is 2.53 bits per heavy atom. The zero-order valence-corrected chi connectivity index (χ0v) is 21.3. The van der Waals surface area contributed by atoms with Gasteiger partial charge in [-0.05, 0) is 30.8 Å². The van der Waals surface area contributed by atoms with E-state index in [-0.39, 0.29) is 30.4 Å². The van der Waals surface area contributed by atoms with E-state index in [9.17, 15) is 16.8 Å². The molecule has 198 valence electrons. The maximum absolute atomic E-state index is 13.2. The van der Waals surface area contributed by atoms with Crippen LogP contribution in [-0.4, -0.2) is 77.0 Å². The van der Waals surface area contributed by atoms with E-state index < -0.39 is 35.9 Å². The first-order chi connectivity index (χ1) is 17.0. The summed E-state index contributed by atoms with van der Waals surface area (Å²) in [6.45, 7) is 1.01. The third kappa shape index (κ3) is 5.46. The SMILES string of the molecule is CN1N=C(c2c(N3CCC(c4cnc[nH]4)CC3)ccc(S(=O)(=O)NC[C@@H](N)CN)c2S(N)(=O)=O)[N-]N1. The smallest absolute Gasteiger partial charge is 0.241 e. The molecule has 1 fully saturated rings. The van der Waals surface area contributed by atoms with E-state index in [0.29, 0.717) is 18.8 Å². The summed E-state index contributed by atoms with van der Waals surface area (Å²) in [6, 6.07) is 2.12. The maximum atomic E-state index is 13.2. The van der Waals surface area contributed by atoms with Gasteiger partial charge in [-0.25, -0.2) is 37.2 Å². The Bertz CT molecular complexity index is 1320. The highest BCUT2D eigenvalue weighted by Crippen LogP contribution is 2.37. The number of imidazole rings is 1. The van der Waals surface area contributed by atoms with Crippen LogP contribution in [0.2, 0.25) is 0 Å². The predicted molar refractivity (Wildman–Crippen MR) is 134 cm³/mol. The predicted octanol–water partition coefficient (Wildman–Crippen LogP) is -1.59. The van der Waals surface area contributed by atoms with Crippen LogP contribution in [0.5, 0.6) is 0 Å². The molecule has 15 nitrogen and oxygen atoms in total. The minimum Gasteiger partial charge on any atom is -0.381 e. The third-order valence-corrected chi connectivity index (χ3v) is 8.66. The van der Waals surface area contributed by atoms with Crippen molar-refractivity contribution in [2.45, 2.75) is 34.6 Å². The minimum absolute atomic E-state index is 0.000314. The summed E-state index contributed by atoms with van der Waals surface area (Å²) in [7, 11) is -7.32. The summed E-state index contributed by atoms with van der Waals surface area (Å²) in [5, 5.41) is 11.1. The molecule has 17 heteroatoms. The number of rotatable bonds is 9. The summed E-state index contributed by atoms with van der Waals surface area (Å²) < 4.78 is 54.4. The first-order valence-corrected chi connectivity index (χ1v) is 14.2. The molecule has 0 aliphatic carbocycles. The second-order valence-electron chi connectivity index (χ2n) is 8.61. The second kappa shape index (κ2) is 10.3. The number of piperidine rings is 1. The number of H-pyrrole nitrogens is 1. The van der Waals surface area contributed by atoms with Crippen molar-refractivity contribution < 1.29 is 16.8 Å². The summed E-state index contributed by atoms with van der Waals surface area (Å²) in [4.78, 5) is 8.08. The number of anilines is 1. The van der Waals surface area contributed by atoms with E-state index in [4.69, 9.17) is 16.6 Å². The Hall–Kier alpha value is -2.80. The molecule has 0 saturated carbocycles. The van der Waals surface area contributed by atoms with Gasteiger partial charge in [-0.15, -0.1) is 0 Å². The van der Waals surface area contributed by atoms with E-state index in [0.717, 1.165) is 18.5 Å². The number of hydrazine groups is 1. The number of benzene rings is 1. The van der Waals surface area contributed by atoms with Crippen LogP contribution in [0.25, 0.3) is 5.43 Å². The van der Waals surface area contributed by atoms with Crippen LogP contribution in [-0.2, 0) is 20.0 Å². The van der Waals surface area contributed by atoms with Gasteiger partial charge in [0.2, 0.25) is 20.0 Å². The van der Waals surface area contributed by atoms with Gasteiger partial charge in [-0.3, -0.25) is 0 Å². The van der Waals surface area contributed by atoms with Crippen LogP contribution in [0.4, 0.5) is 5.69 Å². The molecular formula is C19H30N11O4S2-. The molecule has 1 aromatic heterocycles. The van der Waals surface area contributed by atoms with Crippen molar-refractivity contribution in [2.24, 2.45) is 21.7 Å². The topological polar surface area (TPSA) is 232 Å². The highest BCUT2D eigenvalue weighted by atomic mass is 32.2. The van der Waals surface area contributed by atoms with Gasteiger partial charge in [0.05, 0.1) is 6.33 Å². The van der Waals surface area contributed by atoms with Crippen molar-refractivity contribution in [2.75, 3.05) is 38.1 Å². The highest BCUT2D eigenvalue weighted by molar-refractivity contribution is 7.92. The Kier molecular flexibility index (Phi) is 7.51. The number of primary sulfonamides is 1. The van der Waals surface area contributed by atoms with Gasteiger partial charge in [0, 0.05) is 68.3 Å². The van der Waals surface area contributed by atoms with Crippen molar-refractivity contribution in [3.63, 3.8) is 0 Å². The number of nitrogens with zero attached hydrogens (tertiary/aromatic N) is 5. The molecule has 1 saturated heterocycles. The standard InChI is InChI=1S/C19H30N11O4S2/c1-29-27-19(26-28-29)17-15(30-6-4-12(5-7-30)14-10-23-11-24-14)2-3-16(18(17)35(22,31)32)36(33,34)25-9-13(21)8-20/h2-3,10-13,25,28H,4-9,20-21H2,1H3,(H3-,22,23,24,26,27,31,32)/q-1/t13-/m0/s1. The number of aromatic nitrogens is 2. The lowest BCUT2D eigenvalue weighted by Gasteiger charge is -2.35. The number of nitrogens with one attached hydrogen (secondary N) is 3. The largest absolute Gasteiger partial charge is 0.381 e. The molecule has 1 atom stereocenters. The lowest BCUT2D eigenvalue weighted by atomic mass is 9.93. The summed E-state index contributed by atoms with van der Waals surface area (Å²) >= 11 is 0.